The van der Waals surface area contributed by atoms with E-state index in [0.717, 1.165) is 37.9 Å². The summed E-state index contributed by atoms with van der Waals surface area (Å²) < 4.78 is 11.8. The standard InChI is InChI=1S/C23H26N2O4/c26-13-20(27)19-10-18-8-7-17(19)12-25(18)11-15-3-5-16(6-4-15)22-14-28-21-2-1-9-24-23(21)29-22/h1-6,9,17-19,22,26H,7-8,10-14H2/t17-,18-,19?,22+/m0/s1. The van der Waals surface area contributed by atoms with E-state index in [1.54, 1.807) is 6.20 Å². The highest BCUT2D eigenvalue weighted by Crippen LogP contribution is 2.40. The molecule has 1 aliphatic carbocycles. The molecular formula is C23H26N2O4. The van der Waals surface area contributed by atoms with Gasteiger partial charge in [0.25, 0.3) is 5.88 Å². The summed E-state index contributed by atoms with van der Waals surface area (Å²) in [6.45, 7) is 2.01. The van der Waals surface area contributed by atoms with Crippen LogP contribution in [-0.4, -0.2) is 46.6 Å². The normalized spacial score (nSPS) is 28.3. The van der Waals surface area contributed by atoms with Crippen LogP contribution in [0.1, 0.15) is 36.5 Å². The Balaban J connectivity index is 1.23. The van der Waals surface area contributed by atoms with Crippen LogP contribution in [0.15, 0.2) is 42.6 Å². The predicted octanol–water partition coefficient (Wildman–Crippen LogP) is 2.76. The number of hydrogen-bond acceptors (Lipinski definition) is 6. The zero-order chi connectivity index (χ0) is 19.8. The van der Waals surface area contributed by atoms with E-state index in [9.17, 15) is 9.90 Å². The van der Waals surface area contributed by atoms with Crippen molar-refractivity contribution in [2.75, 3.05) is 19.8 Å². The lowest BCUT2D eigenvalue weighted by Gasteiger charge is -2.49. The summed E-state index contributed by atoms with van der Waals surface area (Å²) in [6.07, 6.45) is 4.70. The Morgan fingerprint density at radius 1 is 1.21 bits per heavy atom. The molecule has 1 aromatic heterocycles. The maximum Gasteiger partial charge on any atom is 0.257 e. The smallest absolute Gasteiger partial charge is 0.257 e. The first-order chi connectivity index (χ1) is 14.2. The van der Waals surface area contributed by atoms with Gasteiger partial charge in [-0.3, -0.25) is 9.69 Å². The van der Waals surface area contributed by atoms with Gasteiger partial charge in [0.05, 0.1) is 0 Å². The van der Waals surface area contributed by atoms with E-state index < -0.39 is 0 Å². The number of piperidine rings is 2. The monoisotopic (exact) mass is 394 g/mol. The summed E-state index contributed by atoms with van der Waals surface area (Å²) in [5.41, 5.74) is 2.35. The molecule has 6 rings (SSSR count). The number of aliphatic hydroxyl groups excluding tert-OH is 1. The van der Waals surface area contributed by atoms with Crippen molar-refractivity contribution in [3.05, 3.63) is 53.7 Å². The summed E-state index contributed by atoms with van der Waals surface area (Å²) in [6, 6.07) is 12.7. The topological polar surface area (TPSA) is 71.9 Å². The van der Waals surface area contributed by atoms with Crippen LogP contribution < -0.4 is 9.47 Å². The van der Waals surface area contributed by atoms with Crippen molar-refractivity contribution < 1.29 is 19.4 Å². The van der Waals surface area contributed by atoms with Gasteiger partial charge in [0.2, 0.25) is 0 Å². The van der Waals surface area contributed by atoms with Gasteiger partial charge in [-0.1, -0.05) is 24.3 Å². The Kier molecular flexibility index (Phi) is 4.97. The SMILES string of the molecule is O=C(CO)C1C[C@@H]2CC[C@H]1CN2Cc1ccc([C@H]2COc3cccnc3O2)cc1. The van der Waals surface area contributed by atoms with Crippen LogP contribution in [0, 0.1) is 11.8 Å². The van der Waals surface area contributed by atoms with Crippen molar-refractivity contribution >= 4 is 5.78 Å². The molecule has 3 fully saturated rings. The van der Waals surface area contributed by atoms with Crippen molar-refractivity contribution in [2.24, 2.45) is 11.8 Å². The summed E-state index contributed by atoms with van der Waals surface area (Å²) in [7, 11) is 0. The summed E-state index contributed by atoms with van der Waals surface area (Å²) in [4.78, 5) is 18.7. The molecule has 29 heavy (non-hydrogen) atoms. The van der Waals surface area contributed by atoms with Crippen molar-refractivity contribution in [2.45, 2.75) is 38.0 Å². The lowest BCUT2D eigenvalue weighted by atomic mass is 9.70. The number of aromatic nitrogens is 1. The Hall–Kier alpha value is -2.44. The second kappa shape index (κ2) is 7.76. The number of Topliss-reactive ketones (excluding diaryl/α,β-unsaturated/α-hetero) is 1. The van der Waals surface area contributed by atoms with E-state index in [0.29, 0.717) is 30.2 Å². The number of rotatable bonds is 5. The number of fused-ring (bicyclic) bond motifs is 4. The number of ether oxygens (including phenoxy) is 2. The summed E-state index contributed by atoms with van der Waals surface area (Å²) >= 11 is 0. The lowest BCUT2D eigenvalue weighted by molar-refractivity contribution is -0.133. The van der Waals surface area contributed by atoms with E-state index in [1.165, 1.54) is 5.56 Å². The maximum atomic E-state index is 12.0. The van der Waals surface area contributed by atoms with Crippen LogP contribution in [0.25, 0.3) is 0 Å². The molecule has 0 amide bonds. The second-order valence-corrected chi connectivity index (χ2v) is 8.35. The van der Waals surface area contributed by atoms with Gasteiger partial charge >= 0.3 is 0 Å². The average molecular weight is 394 g/mol. The molecule has 152 valence electrons. The minimum Gasteiger partial charge on any atom is -0.484 e. The van der Waals surface area contributed by atoms with Gasteiger partial charge in [-0.05, 0) is 48.4 Å². The molecule has 0 radical (unpaired) electrons. The molecule has 3 aliphatic heterocycles. The van der Waals surface area contributed by atoms with E-state index >= 15 is 0 Å². The van der Waals surface area contributed by atoms with Crippen LogP contribution in [0.3, 0.4) is 0 Å². The molecule has 6 heteroatoms. The maximum absolute atomic E-state index is 12.0. The van der Waals surface area contributed by atoms with Crippen molar-refractivity contribution in [1.82, 2.24) is 9.88 Å². The number of hydrogen-bond donors (Lipinski definition) is 1. The van der Waals surface area contributed by atoms with Gasteiger partial charge in [-0.15, -0.1) is 0 Å². The molecule has 4 atom stereocenters. The van der Waals surface area contributed by atoms with Gasteiger partial charge in [-0.2, -0.15) is 0 Å². The molecule has 1 N–H and O–H groups in total. The van der Waals surface area contributed by atoms with E-state index in [2.05, 4.69) is 34.1 Å². The van der Waals surface area contributed by atoms with Crippen molar-refractivity contribution in [1.29, 1.82) is 0 Å². The van der Waals surface area contributed by atoms with Gasteiger partial charge in [0.1, 0.15) is 13.2 Å². The third-order valence-electron chi connectivity index (χ3n) is 6.64. The number of nitrogens with zero attached hydrogens (tertiary/aromatic N) is 2. The predicted molar refractivity (Wildman–Crippen MR) is 107 cm³/mol. The number of pyridine rings is 1. The van der Waals surface area contributed by atoms with Crippen LogP contribution in [0.5, 0.6) is 11.6 Å². The van der Waals surface area contributed by atoms with Crippen LogP contribution >= 0.6 is 0 Å². The average Bonchev–Trinajstić information content (AvgIpc) is 2.79. The van der Waals surface area contributed by atoms with Crippen LogP contribution in [0.2, 0.25) is 0 Å². The molecule has 1 saturated carbocycles. The third kappa shape index (κ3) is 3.63. The zero-order valence-electron chi connectivity index (χ0n) is 16.4. The van der Waals surface area contributed by atoms with Crippen LogP contribution in [0.4, 0.5) is 0 Å². The van der Waals surface area contributed by atoms with E-state index in [-0.39, 0.29) is 24.4 Å². The number of benzene rings is 1. The highest BCUT2D eigenvalue weighted by molar-refractivity contribution is 5.82. The van der Waals surface area contributed by atoms with Gasteiger partial charge in [0.15, 0.2) is 17.6 Å². The number of ketones is 1. The molecule has 2 aromatic rings. The third-order valence-corrected chi connectivity index (χ3v) is 6.64. The van der Waals surface area contributed by atoms with Crippen molar-refractivity contribution in [3.8, 4) is 11.6 Å². The summed E-state index contributed by atoms with van der Waals surface area (Å²) in [5, 5.41) is 9.22. The first-order valence-corrected chi connectivity index (χ1v) is 10.4. The molecule has 1 aromatic carbocycles. The summed E-state index contributed by atoms with van der Waals surface area (Å²) in [5.74, 6) is 1.70. The Morgan fingerprint density at radius 3 is 2.83 bits per heavy atom. The highest BCUT2D eigenvalue weighted by atomic mass is 16.6. The van der Waals surface area contributed by atoms with Crippen LogP contribution in [-0.2, 0) is 11.3 Å². The Morgan fingerprint density at radius 2 is 2.07 bits per heavy atom. The largest absolute Gasteiger partial charge is 0.484 e. The van der Waals surface area contributed by atoms with Gasteiger partial charge < -0.3 is 14.6 Å². The number of carbonyl (C=O) groups excluding carboxylic acids is 1. The fraction of sp³-hybridized carbons (Fsp3) is 0.478. The quantitative estimate of drug-likeness (QED) is 0.841. The second-order valence-electron chi connectivity index (χ2n) is 8.35. The number of aliphatic hydroxyl groups is 1. The molecule has 4 aliphatic rings. The minimum absolute atomic E-state index is 0.0227. The lowest BCUT2D eigenvalue weighted by Crippen LogP contribution is -2.53. The molecule has 1 unspecified atom stereocenters. The molecule has 4 heterocycles. The first kappa shape index (κ1) is 18.6. The zero-order valence-corrected chi connectivity index (χ0v) is 16.4. The number of carbonyl (C=O) groups is 1. The fourth-order valence-corrected chi connectivity index (χ4v) is 5.06. The van der Waals surface area contributed by atoms with Gasteiger partial charge in [0, 0.05) is 31.2 Å². The molecule has 6 nitrogen and oxygen atoms in total. The fourth-order valence-electron chi connectivity index (χ4n) is 5.06. The Bertz CT molecular complexity index is 885. The van der Waals surface area contributed by atoms with E-state index in [1.807, 2.05) is 12.1 Å². The first-order valence-electron chi connectivity index (χ1n) is 10.4. The molecule has 2 saturated heterocycles. The van der Waals surface area contributed by atoms with E-state index in [4.69, 9.17) is 9.47 Å². The minimum atomic E-state index is -0.317. The molecular weight excluding hydrogens is 368 g/mol. The molecule has 0 spiro atoms. The highest BCUT2D eigenvalue weighted by Gasteiger charge is 2.42. The Labute approximate surface area is 170 Å². The van der Waals surface area contributed by atoms with Crippen molar-refractivity contribution in [3.63, 3.8) is 0 Å². The van der Waals surface area contributed by atoms with Gasteiger partial charge in [-0.25, -0.2) is 4.98 Å². The molecule has 2 bridgehead atoms.